The first-order chi connectivity index (χ1) is 9.99. The van der Waals surface area contributed by atoms with Crippen molar-refractivity contribution < 1.29 is 14.6 Å². The number of halogens is 2. The van der Waals surface area contributed by atoms with Crippen LogP contribution in [0.1, 0.15) is 23.0 Å². The first-order valence-corrected chi connectivity index (χ1v) is 8.48. The van der Waals surface area contributed by atoms with Gasteiger partial charge in [-0.2, -0.15) is 0 Å². The Morgan fingerprint density at radius 1 is 1.10 bits per heavy atom. The summed E-state index contributed by atoms with van der Waals surface area (Å²) in [7, 11) is 0. The van der Waals surface area contributed by atoms with E-state index in [1.807, 2.05) is 31.2 Å². The fourth-order valence-corrected chi connectivity index (χ4v) is 4.25. The number of aryl methyl sites for hydroxylation is 1. The van der Waals surface area contributed by atoms with Gasteiger partial charge in [0.2, 0.25) is 0 Å². The summed E-state index contributed by atoms with van der Waals surface area (Å²) in [5, 5.41) is 21.5. The van der Waals surface area contributed by atoms with E-state index in [4.69, 9.17) is 4.42 Å². The minimum atomic E-state index is -0.781. The van der Waals surface area contributed by atoms with Crippen molar-refractivity contribution in [3.05, 3.63) is 60.4 Å². The van der Waals surface area contributed by atoms with Gasteiger partial charge in [0.1, 0.15) is 23.2 Å². The Hall–Kier alpha value is -0.800. The molecule has 21 heavy (non-hydrogen) atoms. The van der Waals surface area contributed by atoms with Crippen LogP contribution in [-0.4, -0.2) is 10.2 Å². The number of furan rings is 1. The number of hydrogen-bond donors (Lipinski definition) is 2. The first kappa shape index (κ1) is 15.1. The van der Waals surface area contributed by atoms with E-state index in [1.165, 1.54) is 0 Å². The second kappa shape index (κ2) is 5.77. The van der Waals surface area contributed by atoms with Crippen molar-refractivity contribution in [2.24, 2.45) is 0 Å². The van der Waals surface area contributed by atoms with E-state index < -0.39 is 6.10 Å². The SMILES string of the molecule is Cc1oc2ccccc2c1C(O)c1cc(I)c(O)c(I)c1. The Morgan fingerprint density at radius 2 is 1.71 bits per heavy atom. The number of aliphatic hydroxyl groups is 1. The highest BCUT2D eigenvalue weighted by molar-refractivity contribution is 14.1. The summed E-state index contributed by atoms with van der Waals surface area (Å²) in [6.45, 7) is 1.86. The third-order valence-corrected chi connectivity index (χ3v) is 5.09. The Kier molecular flexibility index (Phi) is 4.15. The largest absolute Gasteiger partial charge is 0.506 e. The maximum atomic E-state index is 10.8. The molecule has 0 amide bonds. The molecule has 3 rings (SSSR count). The molecule has 1 unspecified atom stereocenters. The molecule has 3 aromatic rings. The average molecular weight is 506 g/mol. The lowest BCUT2D eigenvalue weighted by Gasteiger charge is -2.13. The van der Waals surface area contributed by atoms with E-state index in [-0.39, 0.29) is 5.75 Å². The van der Waals surface area contributed by atoms with E-state index >= 15 is 0 Å². The molecule has 108 valence electrons. The molecule has 0 aliphatic heterocycles. The molecule has 2 aromatic carbocycles. The standard InChI is InChI=1S/C16H12I2O3/c1-8-14(10-4-2-3-5-13(10)21-8)15(19)9-6-11(17)16(20)12(18)7-9/h2-7,15,19-20H,1H3. The van der Waals surface area contributed by atoms with E-state index in [9.17, 15) is 10.2 Å². The van der Waals surface area contributed by atoms with Gasteiger partial charge in [0.05, 0.1) is 7.14 Å². The first-order valence-electron chi connectivity index (χ1n) is 6.33. The summed E-state index contributed by atoms with van der Waals surface area (Å²) < 4.78 is 7.16. The summed E-state index contributed by atoms with van der Waals surface area (Å²) in [4.78, 5) is 0. The topological polar surface area (TPSA) is 53.6 Å². The third-order valence-electron chi connectivity index (χ3n) is 3.45. The van der Waals surface area contributed by atoms with Crippen LogP contribution in [0.15, 0.2) is 40.8 Å². The molecule has 5 heteroatoms. The highest BCUT2D eigenvalue weighted by Crippen LogP contribution is 2.36. The predicted molar refractivity (Wildman–Crippen MR) is 98.6 cm³/mol. The summed E-state index contributed by atoms with van der Waals surface area (Å²) in [6, 6.07) is 11.3. The van der Waals surface area contributed by atoms with Gasteiger partial charge in [0, 0.05) is 10.9 Å². The van der Waals surface area contributed by atoms with Crippen LogP contribution < -0.4 is 0 Å². The highest BCUT2D eigenvalue weighted by Gasteiger charge is 2.21. The molecule has 1 aromatic heterocycles. The van der Waals surface area contributed by atoms with Crippen molar-refractivity contribution in [2.45, 2.75) is 13.0 Å². The Labute approximate surface area is 149 Å². The maximum absolute atomic E-state index is 10.8. The molecular weight excluding hydrogens is 494 g/mol. The smallest absolute Gasteiger partial charge is 0.142 e. The van der Waals surface area contributed by atoms with Crippen molar-refractivity contribution >= 4 is 56.2 Å². The number of fused-ring (bicyclic) bond motifs is 1. The number of aliphatic hydroxyl groups excluding tert-OH is 1. The lowest BCUT2D eigenvalue weighted by molar-refractivity contribution is 0.219. The van der Waals surface area contributed by atoms with Gasteiger partial charge >= 0.3 is 0 Å². The normalized spacial score (nSPS) is 12.8. The van der Waals surface area contributed by atoms with Gasteiger partial charge in [0.25, 0.3) is 0 Å². The molecule has 0 saturated heterocycles. The zero-order chi connectivity index (χ0) is 15.1. The highest BCUT2D eigenvalue weighted by atomic mass is 127. The molecule has 1 heterocycles. The maximum Gasteiger partial charge on any atom is 0.142 e. The number of benzene rings is 2. The van der Waals surface area contributed by atoms with Crippen LogP contribution in [0.3, 0.4) is 0 Å². The zero-order valence-electron chi connectivity index (χ0n) is 11.1. The number of aromatic hydroxyl groups is 1. The molecule has 0 bridgehead atoms. The molecule has 0 fully saturated rings. The molecule has 0 radical (unpaired) electrons. The number of rotatable bonds is 2. The predicted octanol–water partition coefficient (Wildman–Crippen LogP) is 4.74. The minimum absolute atomic E-state index is 0.251. The van der Waals surface area contributed by atoms with Crippen LogP contribution in [0.2, 0.25) is 0 Å². The van der Waals surface area contributed by atoms with Gasteiger partial charge < -0.3 is 14.6 Å². The van der Waals surface area contributed by atoms with Crippen molar-refractivity contribution in [1.82, 2.24) is 0 Å². The van der Waals surface area contributed by atoms with Gasteiger partial charge in [-0.15, -0.1) is 0 Å². The number of phenolic OH excluding ortho intramolecular Hbond substituents is 1. The van der Waals surface area contributed by atoms with Crippen LogP contribution in [0, 0.1) is 14.1 Å². The molecule has 0 saturated carbocycles. The second-order valence-electron chi connectivity index (χ2n) is 4.80. The molecular formula is C16H12I2O3. The third kappa shape index (κ3) is 2.66. The Balaban J connectivity index is 2.17. The van der Waals surface area contributed by atoms with E-state index in [1.54, 1.807) is 12.1 Å². The summed E-state index contributed by atoms with van der Waals surface area (Å²) in [5.74, 6) is 0.961. The van der Waals surface area contributed by atoms with Crippen LogP contribution >= 0.6 is 45.2 Å². The van der Waals surface area contributed by atoms with E-state index in [0.29, 0.717) is 5.76 Å². The van der Waals surface area contributed by atoms with E-state index in [2.05, 4.69) is 45.2 Å². The van der Waals surface area contributed by atoms with Crippen molar-refractivity contribution in [3.8, 4) is 5.75 Å². The monoisotopic (exact) mass is 506 g/mol. The van der Waals surface area contributed by atoms with Crippen LogP contribution in [0.25, 0.3) is 11.0 Å². The van der Waals surface area contributed by atoms with Crippen LogP contribution in [-0.2, 0) is 0 Å². The minimum Gasteiger partial charge on any atom is -0.506 e. The van der Waals surface area contributed by atoms with E-state index in [0.717, 1.165) is 29.2 Å². The molecule has 0 aliphatic rings. The van der Waals surface area contributed by atoms with Gasteiger partial charge in [-0.1, -0.05) is 18.2 Å². The molecule has 2 N–H and O–H groups in total. The fourth-order valence-electron chi connectivity index (χ4n) is 2.44. The quantitative estimate of drug-likeness (QED) is 0.495. The second-order valence-corrected chi connectivity index (χ2v) is 7.13. The molecule has 0 spiro atoms. The van der Waals surface area contributed by atoms with Gasteiger partial charge in [-0.3, -0.25) is 0 Å². The fraction of sp³-hybridized carbons (Fsp3) is 0.125. The lowest BCUT2D eigenvalue weighted by atomic mass is 9.99. The lowest BCUT2D eigenvalue weighted by Crippen LogP contribution is -2.02. The van der Waals surface area contributed by atoms with Crippen molar-refractivity contribution in [3.63, 3.8) is 0 Å². The number of hydrogen-bond acceptors (Lipinski definition) is 3. The van der Waals surface area contributed by atoms with Crippen LogP contribution in [0.5, 0.6) is 5.75 Å². The average Bonchev–Trinajstić information content (AvgIpc) is 2.79. The van der Waals surface area contributed by atoms with Gasteiger partial charge in [-0.05, 0) is 75.9 Å². The zero-order valence-corrected chi connectivity index (χ0v) is 15.4. The molecule has 1 atom stereocenters. The summed E-state index contributed by atoms with van der Waals surface area (Å²) in [6.07, 6.45) is -0.781. The number of para-hydroxylation sites is 1. The summed E-state index contributed by atoms with van der Waals surface area (Å²) >= 11 is 4.13. The number of phenols is 1. The van der Waals surface area contributed by atoms with Gasteiger partial charge in [-0.25, -0.2) is 0 Å². The van der Waals surface area contributed by atoms with Crippen molar-refractivity contribution in [1.29, 1.82) is 0 Å². The summed E-state index contributed by atoms with van der Waals surface area (Å²) in [5.41, 5.74) is 2.30. The van der Waals surface area contributed by atoms with Crippen molar-refractivity contribution in [2.75, 3.05) is 0 Å². The Bertz CT molecular complexity index is 800. The molecule has 0 aliphatic carbocycles. The van der Waals surface area contributed by atoms with Gasteiger partial charge in [0.15, 0.2) is 0 Å². The Morgan fingerprint density at radius 3 is 2.38 bits per heavy atom. The molecule has 3 nitrogen and oxygen atoms in total. The van der Waals surface area contributed by atoms with Crippen LogP contribution in [0.4, 0.5) is 0 Å².